The van der Waals surface area contributed by atoms with E-state index in [9.17, 15) is 9.67 Å². The number of hydrogen-bond acceptors (Lipinski definition) is 4. The topological polar surface area (TPSA) is 55.8 Å². The van der Waals surface area contributed by atoms with Crippen LogP contribution in [0.5, 0.6) is 5.75 Å². The number of rotatable bonds is 4. The molecule has 0 bridgehead atoms. The van der Waals surface area contributed by atoms with Crippen molar-refractivity contribution in [1.82, 2.24) is 0 Å². The Morgan fingerprint density at radius 2 is 1.62 bits per heavy atom. The normalized spacial score (nSPS) is 18.1. The van der Waals surface area contributed by atoms with E-state index in [4.69, 9.17) is 9.05 Å². The molecule has 0 spiro atoms. The van der Waals surface area contributed by atoms with E-state index < -0.39 is 7.60 Å². The molecule has 1 aromatic rings. The molecule has 0 aliphatic carbocycles. The zero-order valence-electron chi connectivity index (χ0n) is 16.0. The summed E-state index contributed by atoms with van der Waals surface area (Å²) >= 11 is 0. The van der Waals surface area contributed by atoms with Crippen molar-refractivity contribution >= 4 is 7.60 Å². The van der Waals surface area contributed by atoms with Gasteiger partial charge in [0.15, 0.2) is 0 Å². The van der Waals surface area contributed by atoms with Crippen molar-refractivity contribution in [3.05, 3.63) is 28.3 Å². The van der Waals surface area contributed by atoms with Crippen molar-refractivity contribution < 1.29 is 18.7 Å². The third kappa shape index (κ3) is 4.22. The van der Waals surface area contributed by atoms with E-state index in [2.05, 4.69) is 34.6 Å². The van der Waals surface area contributed by atoms with Crippen molar-refractivity contribution in [2.24, 2.45) is 5.41 Å². The maximum absolute atomic E-state index is 12.6. The molecule has 0 radical (unpaired) electrons. The maximum atomic E-state index is 12.6. The second-order valence-corrected chi connectivity index (χ2v) is 10.8. The van der Waals surface area contributed by atoms with E-state index in [1.165, 1.54) is 0 Å². The Balaban J connectivity index is 2.48. The molecule has 1 saturated heterocycles. The van der Waals surface area contributed by atoms with Gasteiger partial charge in [-0.05, 0) is 47.8 Å². The van der Waals surface area contributed by atoms with E-state index >= 15 is 0 Å². The van der Waals surface area contributed by atoms with Gasteiger partial charge in [-0.1, -0.05) is 40.7 Å². The minimum absolute atomic E-state index is 0.138. The Morgan fingerprint density at radius 1 is 1.08 bits per heavy atom. The van der Waals surface area contributed by atoms with E-state index in [0.717, 1.165) is 28.7 Å². The smallest absolute Gasteiger partial charge is 0.335 e. The number of phenols is 1. The van der Waals surface area contributed by atoms with E-state index in [0.29, 0.717) is 19.0 Å². The molecule has 0 atom stereocenters. The first kappa shape index (κ1) is 19.5. The molecular weight excluding hydrogens is 323 g/mol. The Kier molecular flexibility index (Phi) is 5.26. The van der Waals surface area contributed by atoms with Gasteiger partial charge in [-0.2, -0.15) is 0 Å². The lowest BCUT2D eigenvalue weighted by Crippen LogP contribution is -2.25. The quantitative estimate of drug-likeness (QED) is 0.729. The van der Waals surface area contributed by atoms with E-state index in [-0.39, 0.29) is 17.0 Å². The maximum Gasteiger partial charge on any atom is 0.335 e. The molecule has 0 amide bonds. The van der Waals surface area contributed by atoms with Crippen LogP contribution in [0.2, 0.25) is 0 Å². The Bertz CT molecular complexity index is 661. The highest BCUT2D eigenvalue weighted by Crippen LogP contribution is 2.55. The van der Waals surface area contributed by atoms with Gasteiger partial charge in [0.25, 0.3) is 0 Å². The average molecular weight is 354 g/mol. The van der Waals surface area contributed by atoms with Gasteiger partial charge >= 0.3 is 7.60 Å². The molecule has 1 fully saturated rings. The first-order chi connectivity index (χ1) is 10.8. The van der Waals surface area contributed by atoms with Crippen molar-refractivity contribution in [2.45, 2.75) is 66.5 Å². The van der Waals surface area contributed by atoms with E-state index in [1.54, 1.807) is 0 Å². The van der Waals surface area contributed by atoms with E-state index in [1.807, 2.05) is 19.9 Å². The van der Waals surface area contributed by atoms with Gasteiger partial charge < -0.3 is 14.2 Å². The van der Waals surface area contributed by atoms with Crippen LogP contribution in [0.3, 0.4) is 0 Å². The summed E-state index contributed by atoms with van der Waals surface area (Å²) in [5.41, 5.74) is 3.59. The Labute approximate surface area is 146 Å². The minimum atomic E-state index is -3.05. The Hall–Kier alpha value is -0.830. The van der Waals surface area contributed by atoms with Crippen LogP contribution in [0.4, 0.5) is 0 Å². The fourth-order valence-electron chi connectivity index (χ4n) is 3.76. The fraction of sp³-hybridized carbons (Fsp3) is 0.684. The van der Waals surface area contributed by atoms with Gasteiger partial charge in [0.05, 0.1) is 19.4 Å². The minimum Gasteiger partial charge on any atom is -0.507 e. The van der Waals surface area contributed by atoms with Crippen LogP contribution < -0.4 is 0 Å². The standard InChI is InChI=1S/C19H31O4P/c1-13-14(2)17(20)16(19(6,7)12-18(3,4)5)10-15(13)11-24(21)22-8-9-23-24/h10,20H,8-9,11-12H2,1-7H3. The molecule has 1 N–H and O–H groups in total. The summed E-state index contributed by atoms with van der Waals surface area (Å²) in [6.45, 7) is 15.5. The average Bonchev–Trinajstić information content (AvgIpc) is 2.83. The summed E-state index contributed by atoms with van der Waals surface area (Å²) in [5.74, 6) is 0.344. The van der Waals surface area contributed by atoms with Crippen LogP contribution in [-0.4, -0.2) is 18.3 Å². The van der Waals surface area contributed by atoms with Crippen LogP contribution in [0.1, 0.15) is 63.3 Å². The molecule has 2 rings (SSSR count). The van der Waals surface area contributed by atoms with Gasteiger partial charge in [0.1, 0.15) is 5.75 Å². The SMILES string of the molecule is Cc1c(CP2(=O)OCCO2)cc(C(C)(C)CC(C)(C)C)c(O)c1C. The van der Waals surface area contributed by atoms with Crippen molar-refractivity contribution in [3.63, 3.8) is 0 Å². The van der Waals surface area contributed by atoms with Crippen LogP contribution in [0.15, 0.2) is 6.07 Å². The molecule has 136 valence electrons. The lowest BCUT2D eigenvalue weighted by Gasteiger charge is -2.34. The van der Waals surface area contributed by atoms with Crippen LogP contribution in [-0.2, 0) is 25.2 Å². The molecule has 1 aliphatic heterocycles. The van der Waals surface area contributed by atoms with Crippen LogP contribution in [0.25, 0.3) is 0 Å². The van der Waals surface area contributed by atoms with Crippen LogP contribution in [0, 0.1) is 19.3 Å². The molecule has 4 nitrogen and oxygen atoms in total. The molecule has 0 aromatic heterocycles. The third-order valence-electron chi connectivity index (χ3n) is 4.70. The van der Waals surface area contributed by atoms with Gasteiger partial charge in [-0.15, -0.1) is 0 Å². The molecule has 0 unspecified atom stereocenters. The number of hydrogen-bond donors (Lipinski definition) is 1. The highest BCUT2D eigenvalue weighted by atomic mass is 31.2. The van der Waals surface area contributed by atoms with Crippen molar-refractivity contribution in [1.29, 1.82) is 0 Å². The van der Waals surface area contributed by atoms with Crippen LogP contribution >= 0.6 is 7.60 Å². The molecule has 1 aromatic carbocycles. The summed E-state index contributed by atoms with van der Waals surface area (Å²) < 4.78 is 23.3. The molecule has 5 heteroatoms. The highest BCUT2D eigenvalue weighted by molar-refractivity contribution is 7.53. The van der Waals surface area contributed by atoms with Crippen molar-refractivity contribution in [2.75, 3.05) is 13.2 Å². The second kappa shape index (κ2) is 6.48. The molecular formula is C19H31O4P. The summed E-state index contributed by atoms with van der Waals surface area (Å²) in [5, 5.41) is 10.7. The largest absolute Gasteiger partial charge is 0.507 e. The van der Waals surface area contributed by atoms with Gasteiger partial charge in [-0.3, -0.25) is 4.57 Å². The number of phenolic OH excluding ortho intramolecular Hbond substituents is 1. The van der Waals surface area contributed by atoms with Crippen molar-refractivity contribution in [3.8, 4) is 5.75 Å². The molecule has 1 aliphatic rings. The third-order valence-corrected chi connectivity index (χ3v) is 6.58. The summed E-state index contributed by atoms with van der Waals surface area (Å²) in [6, 6.07) is 1.99. The summed E-state index contributed by atoms with van der Waals surface area (Å²) in [4.78, 5) is 0. The Morgan fingerprint density at radius 3 is 2.12 bits per heavy atom. The lowest BCUT2D eigenvalue weighted by molar-refractivity contribution is 0.278. The molecule has 1 heterocycles. The molecule has 24 heavy (non-hydrogen) atoms. The monoisotopic (exact) mass is 354 g/mol. The zero-order valence-corrected chi connectivity index (χ0v) is 16.9. The molecule has 0 saturated carbocycles. The fourth-order valence-corrected chi connectivity index (χ4v) is 5.47. The summed E-state index contributed by atoms with van der Waals surface area (Å²) in [7, 11) is -3.05. The van der Waals surface area contributed by atoms with Gasteiger partial charge in [0, 0.05) is 5.56 Å². The zero-order chi connectivity index (χ0) is 18.3. The van der Waals surface area contributed by atoms with Gasteiger partial charge in [0.2, 0.25) is 0 Å². The highest BCUT2D eigenvalue weighted by Gasteiger charge is 2.34. The predicted octanol–water partition coefficient (Wildman–Crippen LogP) is 5.46. The second-order valence-electron chi connectivity index (χ2n) is 8.74. The lowest BCUT2D eigenvalue weighted by atomic mass is 9.71. The number of benzene rings is 1. The van der Waals surface area contributed by atoms with Gasteiger partial charge in [-0.25, -0.2) is 0 Å². The first-order valence-corrected chi connectivity index (χ1v) is 10.3. The number of aromatic hydroxyl groups is 1. The first-order valence-electron chi connectivity index (χ1n) is 8.55. The predicted molar refractivity (Wildman–Crippen MR) is 97.9 cm³/mol. The summed E-state index contributed by atoms with van der Waals surface area (Å²) in [6.07, 6.45) is 1.19.